The van der Waals surface area contributed by atoms with Gasteiger partial charge in [0.05, 0.1) is 0 Å². The highest BCUT2D eigenvalue weighted by Crippen LogP contribution is 2.20. The van der Waals surface area contributed by atoms with Gasteiger partial charge in [-0.3, -0.25) is 0 Å². The van der Waals surface area contributed by atoms with Gasteiger partial charge in [0.25, 0.3) is 0 Å². The van der Waals surface area contributed by atoms with Crippen molar-refractivity contribution in [2.45, 2.75) is 18.9 Å². The van der Waals surface area contributed by atoms with Crippen LogP contribution in [0, 0.1) is 0 Å². The Kier molecular flexibility index (Phi) is 3.39. The van der Waals surface area contributed by atoms with Gasteiger partial charge in [-0.05, 0) is 26.9 Å². The maximum absolute atomic E-state index is 2.43. The van der Waals surface area contributed by atoms with E-state index in [-0.39, 0.29) is 0 Å². The summed E-state index contributed by atoms with van der Waals surface area (Å²) in [5, 5.41) is 0. The van der Waals surface area contributed by atoms with E-state index < -0.39 is 0 Å². The van der Waals surface area contributed by atoms with E-state index in [1.54, 1.807) is 0 Å². The third-order valence-corrected chi connectivity index (χ3v) is 3.15. The van der Waals surface area contributed by atoms with Gasteiger partial charge in [-0.25, -0.2) is 3.11 Å². The fourth-order valence-electron chi connectivity index (χ4n) is 1.40. The average molecular weight is 254 g/mol. The molecule has 2 nitrogen and oxygen atoms in total. The van der Waals surface area contributed by atoms with E-state index in [0.717, 1.165) is 6.04 Å². The molecule has 0 bridgehead atoms. The van der Waals surface area contributed by atoms with Crippen molar-refractivity contribution >= 4 is 22.9 Å². The Labute approximate surface area is 77.1 Å². The second-order valence-corrected chi connectivity index (χ2v) is 4.42. The van der Waals surface area contributed by atoms with Crippen LogP contribution < -0.4 is 0 Å². The molecule has 0 amide bonds. The molecule has 0 N–H and O–H groups in total. The third-order valence-electron chi connectivity index (χ3n) is 1.88. The summed E-state index contributed by atoms with van der Waals surface area (Å²) in [4.78, 5) is 2.27. The molecule has 0 aromatic carbocycles. The number of rotatable bonds is 2. The molecule has 0 aromatic heterocycles. The van der Waals surface area contributed by atoms with Crippen LogP contribution in [0.1, 0.15) is 12.8 Å². The van der Waals surface area contributed by atoms with Gasteiger partial charge in [-0.1, -0.05) is 0 Å². The first-order valence-electron chi connectivity index (χ1n) is 3.77. The zero-order valence-electron chi connectivity index (χ0n) is 6.68. The number of hydrogen-bond donors (Lipinski definition) is 0. The van der Waals surface area contributed by atoms with Gasteiger partial charge >= 0.3 is 0 Å². The second-order valence-electron chi connectivity index (χ2n) is 3.18. The molecule has 60 valence electrons. The molecule has 0 aromatic rings. The van der Waals surface area contributed by atoms with Crippen molar-refractivity contribution in [3.63, 3.8) is 0 Å². The molecular formula is C7H15IN2. The van der Waals surface area contributed by atoms with Crippen molar-refractivity contribution in [2.24, 2.45) is 0 Å². The Balaban J connectivity index is 2.26. The van der Waals surface area contributed by atoms with Crippen LogP contribution in [-0.2, 0) is 0 Å². The van der Waals surface area contributed by atoms with E-state index in [1.165, 1.54) is 25.9 Å². The van der Waals surface area contributed by atoms with Crippen molar-refractivity contribution in [3.8, 4) is 0 Å². The number of halogens is 1. The highest BCUT2D eigenvalue weighted by molar-refractivity contribution is 14.1. The maximum Gasteiger partial charge on any atom is 0.0321 e. The van der Waals surface area contributed by atoms with E-state index in [9.17, 15) is 0 Å². The first-order valence-corrected chi connectivity index (χ1v) is 4.74. The minimum Gasteiger partial charge on any atom is -0.308 e. The lowest BCUT2D eigenvalue weighted by atomic mass is 10.2. The van der Waals surface area contributed by atoms with Gasteiger partial charge in [0.1, 0.15) is 0 Å². The smallest absolute Gasteiger partial charge is 0.0321 e. The van der Waals surface area contributed by atoms with E-state index >= 15 is 0 Å². The van der Waals surface area contributed by atoms with Crippen LogP contribution in [0.4, 0.5) is 0 Å². The van der Waals surface area contributed by atoms with E-state index in [0.29, 0.717) is 0 Å². The van der Waals surface area contributed by atoms with Gasteiger partial charge < -0.3 is 4.90 Å². The van der Waals surface area contributed by atoms with Gasteiger partial charge in [-0.15, -0.1) is 0 Å². The van der Waals surface area contributed by atoms with Crippen LogP contribution in [0.2, 0.25) is 0 Å². The first-order chi connectivity index (χ1) is 4.70. The predicted molar refractivity (Wildman–Crippen MR) is 52.3 cm³/mol. The number of nitrogens with zero attached hydrogens (tertiary/aromatic N) is 2. The Bertz CT molecular complexity index is 106. The fraction of sp³-hybridized carbons (Fsp3) is 1.00. The molecule has 0 aliphatic carbocycles. The maximum atomic E-state index is 2.43. The van der Waals surface area contributed by atoms with E-state index in [2.05, 4.69) is 45.0 Å². The van der Waals surface area contributed by atoms with Crippen molar-refractivity contribution in [1.82, 2.24) is 8.01 Å². The predicted octanol–water partition coefficient (Wildman–Crippen LogP) is 1.36. The summed E-state index contributed by atoms with van der Waals surface area (Å²) in [5.74, 6) is 0. The molecule has 0 saturated carbocycles. The summed E-state index contributed by atoms with van der Waals surface area (Å²) >= 11 is 2.43. The Hall–Kier alpha value is 0.650. The number of hydrogen-bond acceptors (Lipinski definition) is 2. The molecule has 0 radical (unpaired) electrons. The number of likely N-dealkylation sites (N-methyl/N-ethyl adjacent to an activating group) is 1. The molecule has 1 fully saturated rings. The molecule has 3 heteroatoms. The monoisotopic (exact) mass is 254 g/mol. The summed E-state index contributed by atoms with van der Waals surface area (Å²) in [7, 11) is 4.28. The lowest BCUT2D eigenvalue weighted by Gasteiger charge is -2.20. The summed E-state index contributed by atoms with van der Waals surface area (Å²) in [6, 6.07) is 0.801. The minimum atomic E-state index is 0.801. The Morgan fingerprint density at radius 2 is 2.30 bits per heavy atom. The highest BCUT2D eigenvalue weighted by Gasteiger charge is 2.22. The van der Waals surface area contributed by atoms with E-state index in [1.807, 2.05) is 0 Å². The zero-order valence-corrected chi connectivity index (χ0v) is 8.84. The van der Waals surface area contributed by atoms with Crippen LogP contribution in [0.25, 0.3) is 0 Å². The van der Waals surface area contributed by atoms with Gasteiger partial charge in [0.15, 0.2) is 0 Å². The van der Waals surface area contributed by atoms with Crippen LogP contribution in [0.3, 0.4) is 0 Å². The summed E-state index contributed by atoms with van der Waals surface area (Å²) in [6.07, 6.45) is 2.75. The Morgan fingerprint density at radius 1 is 1.60 bits per heavy atom. The van der Waals surface area contributed by atoms with Crippen molar-refractivity contribution in [3.05, 3.63) is 0 Å². The first kappa shape index (κ1) is 8.74. The normalized spacial score (nSPS) is 28.2. The fourth-order valence-corrected chi connectivity index (χ4v) is 2.20. The van der Waals surface area contributed by atoms with E-state index in [4.69, 9.17) is 0 Å². The van der Waals surface area contributed by atoms with Crippen LogP contribution in [0.15, 0.2) is 0 Å². The summed E-state index contributed by atoms with van der Waals surface area (Å²) in [6.45, 7) is 2.49. The molecule has 1 atom stereocenters. The van der Waals surface area contributed by atoms with Crippen LogP contribution in [0.5, 0.6) is 0 Å². The van der Waals surface area contributed by atoms with Crippen molar-refractivity contribution in [2.75, 3.05) is 27.2 Å². The SMILES string of the molecule is CN(C)CC1CCCN1I. The topological polar surface area (TPSA) is 6.48 Å². The van der Waals surface area contributed by atoms with Crippen LogP contribution >= 0.6 is 22.9 Å². The second kappa shape index (κ2) is 3.88. The molecular weight excluding hydrogens is 239 g/mol. The van der Waals surface area contributed by atoms with Gasteiger partial charge in [-0.2, -0.15) is 0 Å². The Morgan fingerprint density at radius 3 is 2.70 bits per heavy atom. The molecule has 1 saturated heterocycles. The average Bonchev–Trinajstić information content (AvgIpc) is 2.15. The molecule has 0 spiro atoms. The van der Waals surface area contributed by atoms with Crippen molar-refractivity contribution in [1.29, 1.82) is 0 Å². The quantitative estimate of drug-likeness (QED) is 0.542. The zero-order chi connectivity index (χ0) is 7.56. The largest absolute Gasteiger partial charge is 0.308 e. The molecule has 1 unspecified atom stereocenters. The van der Waals surface area contributed by atoms with Gasteiger partial charge in [0.2, 0.25) is 0 Å². The molecule has 1 aliphatic heterocycles. The summed E-state index contributed by atoms with van der Waals surface area (Å²) in [5.41, 5.74) is 0. The van der Waals surface area contributed by atoms with Gasteiger partial charge in [0, 0.05) is 42.0 Å². The minimum absolute atomic E-state index is 0.801. The summed E-state index contributed by atoms with van der Waals surface area (Å²) < 4.78 is 2.43. The third kappa shape index (κ3) is 2.36. The molecule has 1 heterocycles. The lowest BCUT2D eigenvalue weighted by Crippen LogP contribution is -2.31. The standard InChI is InChI=1S/C7H15IN2/c1-9(2)6-7-4-3-5-10(7)8/h7H,3-6H2,1-2H3. The highest BCUT2D eigenvalue weighted by atomic mass is 127. The van der Waals surface area contributed by atoms with Crippen LogP contribution in [-0.4, -0.2) is 41.2 Å². The molecule has 10 heavy (non-hydrogen) atoms. The molecule has 1 aliphatic rings. The van der Waals surface area contributed by atoms with Crippen molar-refractivity contribution < 1.29 is 0 Å². The lowest BCUT2D eigenvalue weighted by molar-refractivity contribution is 0.318. The molecule has 1 rings (SSSR count).